The normalized spacial score (nSPS) is 26.4. The van der Waals surface area contributed by atoms with Crippen LogP contribution in [0.4, 0.5) is 0 Å². The molecule has 6 heteroatoms. The Morgan fingerprint density at radius 2 is 1.94 bits per heavy atom. The molecule has 3 nitrogen and oxygen atoms in total. The summed E-state index contributed by atoms with van der Waals surface area (Å²) in [5.74, 6) is -2.51. The molecule has 1 fully saturated rings. The summed E-state index contributed by atoms with van der Waals surface area (Å²) in [6.07, 6.45) is 0. The lowest BCUT2D eigenvalue weighted by atomic mass is 10.1. The molecule has 1 aliphatic carbocycles. The van der Waals surface area contributed by atoms with Crippen molar-refractivity contribution in [2.75, 3.05) is 0 Å². The number of hydrogen-bond donors (Lipinski definition) is 2. The minimum absolute atomic E-state index is 0.0392. The number of benzene rings is 1. The predicted octanol–water partition coefficient (Wildman–Crippen LogP) is 3.02. The SMILES string of the molecule is O=C(O)[C@@H]1C(c2cc(O)cc(Cl)c2)C1(Cl)Cl. The van der Waals surface area contributed by atoms with Crippen LogP contribution in [-0.4, -0.2) is 20.5 Å². The van der Waals surface area contributed by atoms with Gasteiger partial charge in [-0.3, -0.25) is 4.79 Å². The van der Waals surface area contributed by atoms with E-state index in [0.717, 1.165) is 0 Å². The molecule has 1 aliphatic rings. The molecule has 2 N–H and O–H groups in total. The number of hydrogen-bond acceptors (Lipinski definition) is 2. The van der Waals surface area contributed by atoms with Crippen molar-refractivity contribution in [2.45, 2.75) is 10.3 Å². The summed E-state index contributed by atoms with van der Waals surface area (Å²) >= 11 is 17.5. The molecule has 0 spiro atoms. The molecule has 0 aliphatic heterocycles. The smallest absolute Gasteiger partial charge is 0.310 e. The quantitative estimate of drug-likeness (QED) is 0.819. The maximum Gasteiger partial charge on any atom is 0.310 e. The van der Waals surface area contributed by atoms with Crippen LogP contribution in [0, 0.1) is 5.92 Å². The Kier molecular flexibility index (Phi) is 2.73. The molecule has 2 atom stereocenters. The van der Waals surface area contributed by atoms with Crippen molar-refractivity contribution in [3.63, 3.8) is 0 Å². The summed E-state index contributed by atoms with van der Waals surface area (Å²) < 4.78 is -1.33. The van der Waals surface area contributed by atoms with Gasteiger partial charge in [-0.2, -0.15) is 0 Å². The number of alkyl halides is 2. The number of rotatable bonds is 2. The first-order valence-corrected chi connectivity index (χ1v) is 5.57. The van der Waals surface area contributed by atoms with Gasteiger partial charge in [0.15, 0.2) is 0 Å². The van der Waals surface area contributed by atoms with Gasteiger partial charge in [-0.1, -0.05) is 34.8 Å². The van der Waals surface area contributed by atoms with Gasteiger partial charge < -0.3 is 10.2 Å². The number of carboxylic acids is 1. The first-order chi connectivity index (χ1) is 7.34. The van der Waals surface area contributed by atoms with Crippen LogP contribution in [0.3, 0.4) is 0 Å². The number of aliphatic carboxylic acids is 1. The third-order valence-electron chi connectivity index (χ3n) is 2.58. The summed E-state index contributed by atoms with van der Waals surface area (Å²) in [4.78, 5) is 10.9. The van der Waals surface area contributed by atoms with Crippen molar-refractivity contribution < 1.29 is 15.0 Å². The highest BCUT2D eigenvalue weighted by atomic mass is 35.5. The largest absolute Gasteiger partial charge is 0.508 e. The molecule has 1 unspecified atom stereocenters. The fraction of sp³-hybridized carbons (Fsp3) is 0.300. The molecule has 1 saturated carbocycles. The minimum Gasteiger partial charge on any atom is -0.508 e. The summed E-state index contributed by atoms with van der Waals surface area (Å²) in [6, 6.07) is 4.32. The van der Waals surface area contributed by atoms with Crippen LogP contribution in [0.5, 0.6) is 5.75 Å². The Hall–Kier alpha value is -0.640. The first-order valence-electron chi connectivity index (χ1n) is 4.44. The van der Waals surface area contributed by atoms with Gasteiger partial charge in [-0.25, -0.2) is 0 Å². The van der Waals surface area contributed by atoms with Crippen LogP contribution in [0.15, 0.2) is 18.2 Å². The standard InChI is InChI=1S/C10H7Cl3O3/c11-5-1-4(2-6(14)3-5)7-8(9(15)16)10(7,12)13/h1-3,7-8,14H,(H,15,16)/t7?,8-/m0/s1. The van der Waals surface area contributed by atoms with Gasteiger partial charge in [0.05, 0.1) is 5.92 Å². The lowest BCUT2D eigenvalue weighted by Crippen LogP contribution is -2.03. The molecule has 0 amide bonds. The van der Waals surface area contributed by atoms with E-state index in [0.29, 0.717) is 10.6 Å². The van der Waals surface area contributed by atoms with Crippen molar-refractivity contribution in [2.24, 2.45) is 5.92 Å². The van der Waals surface area contributed by atoms with Crippen LogP contribution >= 0.6 is 34.8 Å². The molecule has 0 aromatic heterocycles. The number of carboxylic acid groups (broad SMARTS) is 1. The van der Waals surface area contributed by atoms with Crippen molar-refractivity contribution in [3.8, 4) is 5.75 Å². The van der Waals surface area contributed by atoms with E-state index in [2.05, 4.69) is 0 Å². The average molecular weight is 282 g/mol. The predicted molar refractivity (Wildman–Crippen MR) is 61.4 cm³/mol. The number of halogens is 3. The monoisotopic (exact) mass is 280 g/mol. The van der Waals surface area contributed by atoms with Crippen LogP contribution in [0.1, 0.15) is 11.5 Å². The van der Waals surface area contributed by atoms with Crippen LogP contribution in [-0.2, 0) is 4.79 Å². The summed E-state index contributed by atoms with van der Waals surface area (Å²) in [6.45, 7) is 0. The molecular weight excluding hydrogens is 274 g/mol. The Bertz CT molecular complexity index is 438. The molecule has 1 aromatic rings. The molecule has 86 valence electrons. The van der Waals surface area contributed by atoms with E-state index in [-0.39, 0.29) is 5.75 Å². The van der Waals surface area contributed by atoms with E-state index < -0.39 is 22.1 Å². The highest BCUT2D eigenvalue weighted by molar-refractivity contribution is 6.53. The second-order valence-electron chi connectivity index (χ2n) is 3.71. The summed E-state index contributed by atoms with van der Waals surface area (Å²) in [5, 5.41) is 18.6. The zero-order chi connectivity index (χ0) is 12.1. The number of phenols is 1. The van der Waals surface area contributed by atoms with Crippen molar-refractivity contribution >= 4 is 40.8 Å². The molecule has 0 bridgehead atoms. The van der Waals surface area contributed by atoms with E-state index in [4.69, 9.17) is 39.9 Å². The van der Waals surface area contributed by atoms with Crippen LogP contribution in [0.2, 0.25) is 5.02 Å². The second-order valence-corrected chi connectivity index (χ2v) is 5.59. The fourth-order valence-electron chi connectivity index (χ4n) is 1.82. The fourth-order valence-corrected chi connectivity index (χ4v) is 2.88. The minimum atomic E-state index is -1.33. The molecule has 16 heavy (non-hydrogen) atoms. The van der Waals surface area contributed by atoms with E-state index in [1.54, 1.807) is 6.07 Å². The highest BCUT2D eigenvalue weighted by Gasteiger charge is 2.68. The molecule has 1 aromatic carbocycles. The van der Waals surface area contributed by atoms with Gasteiger partial charge in [-0.05, 0) is 23.8 Å². The van der Waals surface area contributed by atoms with Crippen LogP contribution in [0.25, 0.3) is 0 Å². The maximum atomic E-state index is 10.9. The van der Waals surface area contributed by atoms with Gasteiger partial charge in [-0.15, -0.1) is 0 Å². The lowest BCUT2D eigenvalue weighted by molar-refractivity contribution is -0.138. The third-order valence-corrected chi connectivity index (χ3v) is 3.74. The molecule has 0 heterocycles. The zero-order valence-electron chi connectivity index (χ0n) is 7.82. The second kappa shape index (κ2) is 3.69. The Morgan fingerprint density at radius 1 is 1.31 bits per heavy atom. The van der Waals surface area contributed by atoms with Gasteiger partial charge in [0, 0.05) is 10.9 Å². The zero-order valence-corrected chi connectivity index (χ0v) is 10.1. The number of carbonyl (C=O) groups is 1. The Morgan fingerprint density at radius 3 is 2.38 bits per heavy atom. The lowest BCUT2D eigenvalue weighted by Gasteiger charge is -2.02. The Labute approximate surface area is 107 Å². The van der Waals surface area contributed by atoms with Gasteiger partial charge >= 0.3 is 5.97 Å². The highest BCUT2D eigenvalue weighted by Crippen LogP contribution is 2.65. The van der Waals surface area contributed by atoms with Crippen LogP contribution < -0.4 is 0 Å². The first kappa shape index (κ1) is 11.8. The van der Waals surface area contributed by atoms with Crippen molar-refractivity contribution in [3.05, 3.63) is 28.8 Å². The van der Waals surface area contributed by atoms with Gasteiger partial charge in [0.25, 0.3) is 0 Å². The topological polar surface area (TPSA) is 57.5 Å². The van der Waals surface area contributed by atoms with E-state index in [1.165, 1.54) is 12.1 Å². The number of phenolic OH excluding ortho intramolecular Hbond substituents is 1. The molecular formula is C10H7Cl3O3. The molecule has 2 rings (SSSR count). The van der Waals surface area contributed by atoms with Gasteiger partial charge in [0.1, 0.15) is 10.1 Å². The summed E-state index contributed by atoms with van der Waals surface area (Å²) in [5.41, 5.74) is 0.530. The third kappa shape index (κ3) is 1.83. The number of aromatic hydroxyl groups is 1. The Balaban J connectivity index is 2.37. The molecule has 0 saturated heterocycles. The van der Waals surface area contributed by atoms with Gasteiger partial charge in [0.2, 0.25) is 0 Å². The van der Waals surface area contributed by atoms with E-state index in [1.807, 2.05) is 0 Å². The van der Waals surface area contributed by atoms with E-state index in [9.17, 15) is 9.90 Å². The average Bonchev–Trinajstić information content (AvgIpc) is 2.67. The van der Waals surface area contributed by atoms with Crippen molar-refractivity contribution in [1.29, 1.82) is 0 Å². The van der Waals surface area contributed by atoms with Crippen molar-refractivity contribution in [1.82, 2.24) is 0 Å². The van der Waals surface area contributed by atoms with E-state index >= 15 is 0 Å². The maximum absolute atomic E-state index is 10.9. The molecule has 0 radical (unpaired) electrons. The summed E-state index contributed by atoms with van der Waals surface area (Å²) in [7, 11) is 0.